The van der Waals surface area contributed by atoms with E-state index < -0.39 is 12.0 Å². The Morgan fingerprint density at radius 2 is 2.25 bits per heavy atom. The highest BCUT2D eigenvalue weighted by Gasteiger charge is 2.12. The first-order chi connectivity index (χ1) is 9.61. The van der Waals surface area contributed by atoms with Gasteiger partial charge in [-0.1, -0.05) is 35.7 Å². The fourth-order valence-corrected chi connectivity index (χ4v) is 2.33. The highest BCUT2D eigenvalue weighted by molar-refractivity contribution is 9.10. The van der Waals surface area contributed by atoms with Crippen LogP contribution in [0.4, 0.5) is 5.82 Å². The van der Waals surface area contributed by atoms with Crippen LogP contribution in [0.5, 0.6) is 0 Å². The minimum absolute atomic E-state index is 0.512. The Balaban J connectivity index is 2.31. The lowest BCUT2D eigenvalue weighted by Gasteiger charge is -2.20. The molecule has 5 nitrogen and oxygen atoms in total. The Labute approximate surface area is 125 Å². The maximum atomic E-state index is 11.2. The van der Waals surface area contributed by atoms with Crippen LogP contribution in [0.2, 0.25) is 0 Å². The van der Waals surface area contributed by atoms with Gasteiger partial charge in [0.2, 0.25) is 0 Å². The predicted molar refractivity (Wildman–Crippen MR) is 79.2 cm³/mol. The fraction of sp³-hybridized carbons (Fsp3) is 0.357. The van der Waals surface area contributed by atoms with Gasteiger partial charge in [0.1, 0.15) is 12.1 Å². The molecule has 0 bridgehead atoms. The molecule has 1 aromatic carbocycles. The number of carbonyl (C=O) groups excluding carboxylic acids is 1. The van der Waals surface area contributed by atoms with E-state index in [-0.39, 0.29) is 0 Å². The average Bonchev–Trinajstić information content (AvgIpc) is 2.43. The molecule has 2 rings (SSSR count). The third kappa shape index (κ3) is 3.45. The number of hydrogen-bond donors (Lipinski definition) is 1. The molecule has 0 amide bonds. The highest BCUT2D eigenvalue weighted by atomic mass is 79.9. The van der Waals surface area contributed by atoms with Gasteiger partial charge < -0.3 is 15.2 Å². The van der Waals surface area contributed by atoms with Crippen molar-refractivity contribution in [2.45, 2.75) is 32.2 Å². The first kappa shape index (κ1) is 14.7. The number of aromatic nitrogens is 2. The van der Waals surface area contributed by atoms with Crippen LogP contribution in [-0.4, -0.2) is 22.0 Å². The maximum absolute atomic E-state index is 11.2. The van der Waals surface area contributed by atoms with Crippen molar-refractivity contribution >= 4 is 38.6 Å². The van der Waals surface area contributed by atoms with Crippen molar-refractivity contribution in [3.8, 4) is 0 Å². The number of unbranched alkanes of at least 4 members (excludes halogenated alkanes) is 1. The second kappa shape index (κ2) is 6.65. The number of rotatable bonds is 6. The van der Waals surface area contributed by atoms with E-state index in [2.05, 4.69) is 31.2 Å². The molecule has 1 atom stereocenters. The molecular formula is C14H15BrN3O2-. The normalized spacial score (nSPS) is 12.3. The second-order valence-electron chi connectivity index (χ2n) is 4.54. The van der Waals surface area contributed by atoms with Crippen molar-refractivity contribution in [2.75, 3.05) is 5.32 Å². The summed E-state index contributed by atoms with van der Waals surface area (Å²) in [6, 6.07) is 4.86. The van der Waals surface area contributed by atoms with Crippen LogP contribution >= 0.6 is 15.9 Å². The summed E-state index contributed by atoms with van der Waals surface area (Å²) in [4.78, 5) is 19.5. The van der Waals surface area contributed by atoms with E-state index in [9.17, 15) is 9.90 Å². The molecular weight excluding hydrogens is 322 g/mol. The largest absolute Gasteiger partial charge is 0.548 e. The Hall–Kier alpha value is -1.69. The van der Waals surface area contributed by atoms with Crippen molar-refractivity contribution in [1.29, 1.82) is 0 Å². The fourth-order valence-electron chi connectivity index (χ4n) is 1.97. The molecule has 0 aliphatic carbocycles. The summed E-state index contributed by atoms with van der Waals surface area (Å²) in [5.74, 6) is -0.596. The number of carbonyl (C=O) groups is 1. The summed E-state index contributed by atoms with van der Waals surface area (Å²) in [6.07, 6.45) is 3.68. The molecule has 2 aromatic rings. The smallest absolute Gasteiger partial charge is 0.137 e. The Bertz CT molecular complexity index is 618. The van der Waals surface area contributed by atoms with Crippen LogP contribution in [-0.2, 0) is 4.79 Å². The van der Waals surface area contributed by atoms with Gasteiger partial charge >= 0.3 is 0 Å². The van der Waals surface area contributed by atoms with Gasteiger partial charge in [0.25, 0.3) is 0 Å². The van der Waals surface area contributed by atoms with E-state index in [1.54, 1.807) is 0 Å². The second-order valence-corrected chi connectivity index (χ2v) is 5.46. The third-order valence-electron chi connectivity index (χ3n) is 3.04. The quantitative estimate of drug-likeness (QED) is 0.874. The number of fused-ring (bicyclic) bond motifs is 1. The monoisotopic (exact) mass is 336 g/mol. The van der Waals surface area contributed by atoms with Gasteiger partial charge in [-0.2, -0.15) is 0 Å². The zero-order chi connectivity index (χ0) is 14.5. The number of halogens is 1. The van der Waals surface area contributed by atoms with E-state index in [0.29, 0.717) is 12.2 Å². The van der Waals surface area contributed by atoms with E-state index in [4.69, 9.17) is 0 Å². The number of hydrogen-bond acceptors (Lipinski definition) is 5. The lowest BCUT2D eigenvalue weighted by atomic mass is 10.1. The van der Waals surface area contributed by atoms with Crippen LogP contribution in [0.25, 0.3) is 10.9 Å². The molecule has 1 heterocycles. The van der Waals surface area contributed by atoms with Crippen molar-refractivity contribution in [3.63, 3.8) is 0 Å². The van der Waals surface area contributed by atoms with Crippen molar-refractivity contribution in [3.05, 3.63) is 29.0 Å². The van der Waals surface area contributed by atoms with E-state index >= 15 is 0 Å². The predicted octanol–water partition coefficient (Wildman–Crippen LogP) is 2.11. The lowest BCUT2D eigenvalue weighted by molar-refractivity contribution is -0.306. The van der Waals surface area contributed by atoms with E-state index in [1.165, 1.54) is 6.33 Å². The molecule has 20 heavy (non-hydrogen) atoms. The summed E-state index contributed by atoms with van der Waals surface area (Å²) in [5.41, 5.74) is 0.762. The van der Waals surface area contributed by atoms with Crippen molar-refractivity contribution in [2.24, 2.45) is 0 Å². The van der Waals surface area contributed by atoms with Gasteiger partial charge in [0, 0.05) is 9.86 Å². The molecule has 0 aliphatic rings. The number of nitrogens with zero attached hydrogens (tertiary/aromatic N) is 2. The number of aliphatic carboxylic acids is 1. The molecule has 1 N–H and O–H groups in total. The minimum atomic E-state index is -1.11. The van der Waals surface area contributed by atoms with Crippen LogP contribution in [0.3, 0.4) is 0 Å². The molecule has 0 saturated carbocycles. The third-order valence-corrected chi connectivity index (χ3v) is 3.53. The first-order valence-corrected chi connectivity index (χ1v) is 7.28. The first-order valence-electron chi connectivity index (χ1n) is 6.49. The van der Waals surface area contributed by atoms with Gasteiger partial charge in [-0.3, -0.25) is 0 Å². The number of nitrogens with one attached hydrogen (secondary N) is 1. The van der Waals surface area contributed by atoms with Crippen molar-refractivity contribution in [1.82, 2.24) is 9.97 Å². The molecule has 1 aromatic heterocycles. The number of benzene rings is 1. The van der Waals surface area contributed by atoms with Crippen LogP contribution in [0.15, 0.2) is 29.0 Å². The number of anilines is 1. The van der Waals surface area contributed by atoms with Gasteiger partial charge in [0.15, 0.2) is 0 Å². The zero-order valence-electron chi connectivity index (χ0n) is 11.1. The molecule has 0 saturated heterocycles. The molecule has 6 heteroatoms. The van der Waals surface area contributed by atoms with Gasteiger partial charge in [0.05, 0.1) is 17.5 Å². The van der Waals surface area contributed by atoms with Gasteiger partial charge in [-0.15, -0.1) is 0 Å². The summed E-state index contributed by atoms with van der Waals surface area (Å²) in [7, 11) is 0. The molecule has 1 unspecified atom stereocenters. The van der Waals surface area contributed by atoms with Crippen LogP contribution in [0.1, 0.15) is 26.2 Å². The molecule has 106 valence electrons. The Kier molecular flexibility index (Phi) is 4.89. The SMILES string of the molecule is CCCCC(Nc1ncnc2ccc(Br)cc12)C(=O)[O-]. The van der Waals surface area contributed by atoms with E-state index in [1.807, 2.05) is 25.1 Å². The lowest BCUT2D eigenvalue weighted by Crippen LogP contribution is -2.41. The Morgan fingerprint density at radius 1 is 1.45 bits per heavy atom. The van der Waals surface area contributed by atoms with Crippen LogP contribution in [0, 0.1) is 0 Å². The molecule has 0 radical (unpaired) electrons. The average molecular weight is 337 g/mol. The van der Waals surface area contributed by atoms with Gasteiger partial charge in [-0.05, 0) is 24.6 Å². The maximum Gasteiger partial charge on any atom is 0.137 e. The number of carboxylic acids is 1. The van der Waals surface area contributed by atoms with Crippen molar-refractivity contribution < 1.29 is 9.90 Å². The Morgan fingerprint density at radius 3 is 2.95 bits per heavy atom. The topological polar surface area (TPSA) is 77.9 Å². The highest BCUT2D eigenvalue weighted by Crippen LogP contribution is 2.24. The number of carboxylic acid groups (broad SMARTS) is 1. The van der Waals surface area contributed by atoms with Crippen LogP contribution < -0.4 is 10.4 Å². The summed E-state index contributed by atoms with van der Waals surface area (Å²) in [6.45, 7) is 2.02. The minimum Gasteiger partial charge on any atom is -0.548 e. The molecule has 0 aliphatic heterocycles. The standard InChI is InChI=1S/C14H16BrN3O2/c1-2-3-4-12(14(19)20)18-13-10-7-9(15)5-6-11(10)16-8-17-13/h5-8,12H,2-4H2,1H3,(H,19,20)(H,16,17,18)/p-1. The van der Waals surface area contributed by atoms with Gasteiger partial charge in [-0.25, -0.2) is 9.97 Å². The molecule has 0 spiro atoms. The summed E-state index contributed by atoms with van der Waals surface area (Å²) < 4.78 is 0.890. The zero-order valence-corrected chi connectivity index (χ0v) is 12.7. The molecule has 0 fully saturated rings. The van der Waals surface area contributed by atoms with E-state index in [0.717, 1.165) is 28.2 Å². The summed E-state index contributed by atoms with van der Waals surface area (Å²) in [5, 5.41) is 14.9. The summed E-state index contributed by atoms with van der Waals surface area (Å²) >= 11 is 3.39.